The number of ketones is 1. The number of β-lactam (4-membered cyclic amide) rings is 1. The molecule has 0 saturated carbocycles. The number of aliphatic hydroxyl groups excluding tert-OH is 1. The standard InChI is InChI=1S/C17H16N2O8/c1-7-12-11(8(2)20)15(22)18(12)13(14(7)21)17(24)27-16(23)9-3-5-10(6-4-9)19(25)26/h3-8,11-13,20H,1-2H3. The first kappa shape index (κ1) is 18.6. The van der Waals surface area contributed by atoms with E-state index < -0.39 is 58.6 Å². The van der Waals surface area contributed by atoms with Crippen molar-refractivity contribution in [2.45, 2.75) is 32.0 Å². The second kappa shape index (κ2) is 6.54. The summed E-state index contributed by atoms with van der Waals surface area (Å²) in [4.78, 5) is 60.0. The molecule has 0 bridgehead atoms. The van der Waals surface area contributed by atoms with Crippen molar-refractivity contribution >= 4 is 29.3 Å². The molecule has 1 aromatic rings. The van der Waals surface area contributed by atoms with Crippen LogP contribution in [-0.2, 0) is 19.1 Å². The van der Waals surface area contributed by atoms with Crippen LogP contribution in [0.25, 0.3) is 0 Å². The number of carbonyl (C=O) groups is 4. The van der Waals surface area contributed by atoms with Gasteiger partial charge in [0.1, 0.15) is 0 Å². The number of benzene rings is 1. The quantitative estimate of drug-likeness (QED) is 0.256. The lowest BCUT2D eigenvalue weighted by Gasteiger charge is -2.46. The number of hydrogen-bond donors (Lipinski definition) is 1. The zero-order chi connectivity index (χ0) is 20.0. The molecule has 2 saturated heterocycles. The Morgan fingerprint density at radius 3 is 2.37 bits per heavy atom. The van der Waals surface area contributed by atoms with Crippen molar-refractivity contribution in [3.8, 4) is 0 Å². The minimum Gasteiger partial charge on any atom is -0.393 e. The summed E-state index contributed by atoms with van der Waals surface area (Å²) in [6.45, 7) is 2.98. The Hall–Kier alpha value is -3.14. The molecule has 1 N–H and O–H groups in total. The fourth-order valence-electron chi connectivity index (χ4n) is 3.61. The van der Waals surface area contributed by atoms with E-state index in [1.807, 2.05) is 0 Å². The van der Waals surface area contributed by atoms with E-state index in [0.29, 0.717) is 0 Å². The molecule has 5 atom stereocenters. The zero-order valence-corrected chi connectivity index (χ0v) is 14.4. The number of amides is 1. The zero-order valence-electron chi connectivity index (χ0n) is 14.4. The van der Waals surface area contributed by atoms with Crippen molar-refractivity contribution in [1.29, 1.82) is 0 Å². The van der Waals surface area contributed by atoms with Gasteiger partial charge in [-0.1, -0.05) is 6.92 Å². The molecular weight excluding hydrogens is 360 g/mol. The maximum absolute atomic E-state index is 12.4. The number of esters is 2. The van der Waals surface area contributed by atoms with Crippen molar-refractivity contribution < 1.29 is 33.9 Å². The fraction of sp³-hybridized carbons (Fsp3) is 0.412. The molecule has 2 aliphatic heterocycles. The molecule has 0 aliphatic carbocycles. The Morgan fingerprint density at radius 2 is 1.85 bits per heavy atom. The maximum Gasteiger partial charge on any atom is 0.345 e. The number of non-ortho nitro benzene ring substituents is 1. The molecule has 0 aromatic heterocycles. The Morgan fingerprint density at radius 1 is 1.26 bits per heavy atom. The highest BCUT2D eigenvalue weighted by molar-refractivity contribution is 6.14. The first-order chi connectivity index (χ1) is 12.6. The second-order valence-electron chi connectivity index (χ2n) is 6.61. The van der Waals surface area contributed by atoms with E-state index in [1.165, 1.54) is 6.92 Å². The van der Waals surface area contributed by atoms with Gasteiger partial charge in [-0.3, -0.25) is 19.7 Å². The number of nitro benzene ring substituents is 1. The van der Waals surface area contributed by atoms with Crippen LogP contribution in [-0.4, -0.2) is 56.7 Å². The molecule has 1 amide bonds. The molecule has 5 unspecified atom stereocenters. The van der Waals surface area contributed by atoms with Gasteiger partial charge >= 0.3 is 11.9 Å². The molecule has 27 heavy (non-hydrogen) atoms. The van der Waals surface area contributed by atoms with Crippen molar-refractivity contribution in [1.82, 2.24) is 4.90 Å². The average Bonchev–Trinajstić information content (AvgIpc) is 2.83. The highest BCUT2D eigenvalue weighted by Gasteiger charge is 2.64. The van der Waals surface area contributed by atoms with Gasteiger partial charge in [-0.25, -0.2) is 9.59 Å². The van der Waals surface area contributed by atoms with Crippen LogP contribution < -0.4 is 0 Å². The summed E-state index contributed by atoms with van der Waals surface area (Å²) in [7, 11) is 0. The summed E-state index contributed by atoms with van der Waals surface area (Å²) in [5.74, 6) is -4.81. The Bertz CT molecular complexity index is 847. The number of carbonyl (C=O) groups excluding carboxylic acids is 4. The highest BCUT2D eigenvalue weighted by atomic mass is 16.6. The van der Waals surface area contributed by atoms with Gasteiger partial charge in [-0.15, -0.1) is 0 Å². The van der Waals surface area contributed by atoms with E-state index in [9.17, 15) is 34.4 Å². The van der Waals surface area contributed by atoms with Crippen molar-refractivity contribution in [3.05, 3.63) is 39.9 Å². The normalized spacial score (nSPS) is 27.6. The largest absolute Gasteiger partial charge is 0.393 e. The molecular formula is C17H16N2O8. The van der Waals surface area contributed by atoms with Crippen LogP contribution in [0.3, 0.4) is 0 Å². The van der Waals surface area contributed by atoms with Gasteiger partial charge < -0.3 is 14.7 Å². The number of nitro groups is 1. The topological polar surface area (TPSA) is 144 Å². The lowest BCUT2D eigenvalue weighted by molar-refractivity contribution is -0.384. The van der Waals surface area contributed by atoms with Crippen LogP contribution >= 0.6 is 0 Å². The Labute approximate surface area is 152 Å². The number of rotatable bonds is 4. The summed E-state index contributed by atoms with van der Waals surface area (Å²) in [5, 5.41) is 20.3. The molecule has 0 spiro atoms. The van der Waals surface area contributed by atoms with Crippen LogP contribution in [0, 0.1) is 22.0 Å². The number of Topliss-reactive ketones (excluding diaryl/α,β-unsaturated/α-hetero) is 1. The third-order valence-corrected chi connectivity index (χ3v) is 4.99. The van der Waals surface area contributed by atoms with Gasteiger partial charge in [0, 0.05) is 18.1 Å². The molecule has 0 radical (unpaired) electrons. The summed E-state index contributed by atoms with van der Waals surface area (Å²) in [6.07, 6.45) is -0.967. The first-order valence-electron chi connectivity index (χ1n) is 8.19. The molecule has 10 nitrogen and oxygen atoms in total. The third kappa shape index (κ3) is 2.87. The molecule has 2 aliphatic rings. The number of ether oxygens (including phenoxy) is 1. The van der Waals surface area contributed by atoms with Crippen LogP contribution in [0.4, 0.5) is 5.69 Å². The number of nitrogens with zero attached hydrogens (tertiary/aromatic N) is 2. The van der Waals surface area contributed by atoms with E-state index in [-0.39, 0.29) is 11.3 Å². The SMILES string of the molecule is CC(O)C1C(=O)N2C(C(=O)OC(=O)c3ccc([N+](=O)[O-])cc3)C(=O)C(C)C12. The fourth-order valence-corrected chi connectivity index (χ4v) is 3.61. The van der Waals surface area contributed by atoms with Crippen molar-refractivity contribution in [2.75, 3.05) is 0 Å². The lowest BCUT2D eigenvalue weighted by Crippen LogP contribution is -2.65. The van der Waals surface area contributed by atoms with Gasteiger partial charge in [0.15, 0.2) is 11.8 Å². The maximum atomic E-state index is 12.4. The number of aliphatic hydroxyl groups is 1. The molecule has 10 heteroatoms. The van der Waals surface area contributed by atoms with E-state index in [4.69, 9.17) is 4.74 Å². The molecule has 3 rings (SSSR count). The highest BCUT2D eigenvalue weighted by Crippen LogP contribution is 2.43. The molecule has 2 fully saturated rings. The first-order valence-corrected chi connectivity index (χ1v) is 8.19. The monoisotopic (exact) mass is 376 g/mol. The molecule has 142 valence electrons. The molecule has 2 heterocycles. The van der Waals surface area contributed by atoms with Crippen LogP contribution in [0.15, 0.2) is 24.3 Å². The van der Waals surface area contributed by atoms with Gasteiger partial charge in [0.05, 0.1) is 28.6 Å². The molecule has 1 aromatic carbocycles. The third-order valence-electron chi connectivity index (χ3n) is 4.99. The Kier molecular flexibility index (Phi) is 4.52. The van der Waals surface area contributed by atoms with Gasteiger partial charge in [-0.05, 0) is 19.1 Å². The lowest BCUT2D eigenvalue weighted by atomic mass is 9.79. The van der Waals surface area contributed by atoms with Crippen LogP contribution in [0.5, 0.6) is 0 Å². The second-order valence-corrected chi connectivity index (χ2v) is 6.61. The van der Waals surface area contributed by atoms with Crippen LogP contribution in [0.1, 0.15) is 24.2 Å². The van der Waals surface area contributed by atoms with E-state index in [1.54, 1.807) is 6.92 Å². The van der Waals surface area contributed by atoms with Gasteiger partial charge in [0.25, 0.3) is 5.69 Å². The smallest absolute Gasteiger partial charge is 0.345 e. The summed E-state index contributed by atoms with van der Waals surface area (Å²) < 4.78 is 4.71. The predicted octanol–water partition coefficient (Wildman–Crippen LogP) is 0.0734. The van der Waals surface area contributed by atoms with Crippen LogP contribution in [0.2, 0.25) is 0 Å². The number of hydrogen-bond acceptors (Lipinski definition) is 8. The number of fused-ring (bicyclic) bond motifs is 1. The van der Waals surface area contributed by atoms with E-state index in [0.717, 1.165) is 29.2 Å². The van der Waals surface area contributed by atoms with Crippen molar-refractivity contribution in [2.24, 2.45) is 11.8 Å². The average molecular weight is 376 g/mol. The van der Waals surface area contributed by atoms with Gasteiger partial charge in [0.2, 0.25) is 5.91 Å². The summed E-state index contributed by atoms with van der Waals surface area (Å²) in [6, 6.07) is 2.24. The summed E-state index contributed by atoms with van der Waals surface area (Å²) >= 11 is 0. The predicted molar refractivity (Wildman–Crippen MR) is 87.3 cm³/mol. The Balaban J connectivity index is 1.74. The van der Waals surface area contributed by atoms with E-state index in [2.05, 4.69) is 0 Å². The van der Waals surface area contributed by atoms with Gasteiger partial charge in [-0.2, -0.15) is 0 Å². The minimum absolute atomic E-state index is 0.110. The summed E-state index contributed by atoms with van der Waals surface area (Å²) in [5.41, 5.74) is -0.350. The minimum atomic E-state index is -1.53. The van der Waals surface area contributed by atoms with E-state index >= 15 is 0 Å². The van der Waals surface area contributed by atoms with Crippen molar-refractivity contribution in [3.63, 3.8) is 0 Å².